The number of likely N-dealkylation sites (tertiary alicyclic amines) is 1. The second kappa shape index (κ2) is 11.2. The molecule has 2 N–H and O–H groups in total. The van der Waals surface area contributed by atoms with Crippen LogP contribution in [0.1, 0.15) is 43.0 Å². The number of carbonyl (C=O) groups is 1. The molecular formula is C26H31F3N4O2. The zero-order valence-electron chi connectivity index (χ0n) is 19.9. The van der Waals surface area contributed by atoms with Crippen molar-refractivity contribution in [2.24, 2.45) is 5.73 Å². The van der Waals surface area contributed by atoms with E-state index in [1.54, 1.807) is 12.0 Å². The van der Waals surface area contributed by atoms with E-state index in [0.717, 1.165) is 48.7 Å². The molecule has 0 aliphatic carbocycles. The van der Waals surface area contributed by atoms with Crippen LogP contribution in [0.25, 0.3) is 11.0 Å². The lowest BCUT2D eigenvalue weighted by Gasteiger charge is -2.33. The van der Waals surface area contributed by atoms with Gasteiger partial charge in [-0.15, -0.1) is 0 Å². The fraction of sp³-hybridized carbons (Fsp3) is 0.462. The van der Waals surface area contributed by atoms with E-state index in [9.17, 15) is 18.0 Å². The van der Waals surface area contributed by atoms with Crippen LogP contribution in [0.15, 0.2) is 36.4 Å². The highest BCUT2D eigenvalue weighted by Crippen LogP contribution is 2.30. The third kappa shape index (κ3) is 5.85. The summed E-state index contributed by atoms with van der Waals surface area (Å²) >= 11 is 0. The Hall–Kier alpha value is -2.91. The molecule has 1 aliphatic heterocycles. The number of methoxy groups -OCH3 is 1. The van der Waals surface area contributed by atoms with Gasteiger partial charge in [-0.2, -0.15) is 0 Å². The summed E-state index contributed by atoms with van der Waals surface area (Å²) in [5.41, 5.74) is 8.06. The van der Waals surface area contributed by atoms with Crippen molar-refractivity contribution >= 4 is 16.9 Å². The van der Waals surface area contributed by atoms with Crippen LogP contribution in [0.4, 0.5) is 13.2 Å². The first-order valence-electron chi connectivity index (χ1n) is 12.0. The van der Waals surface area contributed by atoms with E-state index >= 15 is 0 Å². The maximum atomic E-state index is 14.0. The number of fused-ring (bicyclic) bond motifs is 1. The number of amides is 1. The third-order valence-electron chi connectivity index (χ3n) is 6.56. The van der Waals surface area contributed by atoms with Crippen LogP contribution >= 0.6 is 0 Å². The first kappa shape index (κ1) is 25.2. The van der Waals surface area contributed by atoms with Crippen molar-refractivity contribution in [2.75, 3.05) is 26.8 Å². The Labute approximate surface area is 202 Å². The molecule has 1 aliphatic rings. The van der Waals surface area contributed by atoms with Crippen molar-refractivity contribution in [3.05, 3.63) is 65.2 Å². The third-order valence-corrected chi connectivity index (χ3v) is 6.56. The van der Waals surface area contributed by atoms with Crippen LogP contribution in [0.2, 0.25) is 0 Å². The maximum Gasteiger partial charge on any atom is 0.224 e. The summed E-state index contributed by atoms with van der Waals surface area (Å²) in [6, 6.07) is 8.61. The number of halogens is 3. The maximum absolute atomic E-state index is 14.0. The molecule has 1 saturated heterocycles. The smallest absolute Gasteiger partial charge is 0.224 e. The number of para-hydroxylation sites is 2. The number of carbonyl (C=O) groups excluding carboxylic acids is 1. The molecule has 2 atom stereocenters. The molecule has 3 aromatic rings. The van der Waals surface area contributed by atoms with E-state index in [1.165, 1.54) is 0 Å². The highest BCUT2D eigenvalue weighted by atomic mass is 19.2. The average Bonchev–Trinajstić information content (AvgIpc) is 3.21. The van der Waals surface area contributed by atoms with Crippen LogP contribution in [0, 0.1) is 17.5 Å². The minimum absolute atomic E-state index is 0.00455. The Kier molecular flexibility index (Phi) is 8.07. The van der Waals surface area contributed by atoms with Gasteiger partial charge in [0.15, 0.2) is 11.6 Å². The van der Waals surface area contributed by atoms with Gasteiger partial charge in [0.1, 0.15) is 11.6 Å². The van der Waals surface area contributed by atoms with Crippen LogP contribution in [0.3, 0.4) is 0 Å². The van der Waals surface area contributed by atoms with E-state index in [0.29, 0.717) is 25.8 Å². The first-order chi connectivity index (χ1) is 16.9. The van der Waals surface area contributed by atoms with Crippen molar-refractivity contribution in [3.63, 3.8) is 0 Å². The van der Waals surface area contributed by atoms with E-state index < -0.39 is 23.5 Å². The molecule has 9 heteroatoms. The van der Waals surface area contributed by atoms with Gasteiger partial charge >= 0.3 is 0 Å². The number of piperidine rings is 1. The Morgan fingerprint density at radius 2 is 1.97 bits per heavy atom. The number of imidazole rings is 1. The Bertz CT molecular complexity index is 1180. The zero-order valence-corrected chi connectivity index (χ0v) is 19.9. The Morgan fingerprint density at radius 3 is 2.77 bits per heavy atom. The van der Waals surface area contributed by atoms with Crippen LogP contribution in [-0.4, -0.2) is 53.2 Å². The Morgan fingerprint density at radius 1 is 1.20 bits per heavy atom. The van der Waals surface area contributed by atoms with Crippen molar-refractivity contribution in [2.45, 2.75) is 50.6 Å². The van der Waals surface area contributed by atoms with Gasteiger partial charge in [-0.3, -0.25) is 4.79 Å². The number of nitrogens with zero attached hydrogens (tertiary/aromatic N) is 3. The molecule has 0 spiro atoms. The van der Waals surface area contributed by atoms with E-state index in [2.05, 4.69) is 10.6 Å². The molecule has 188 valence electrons. The summed E-state index contributed by atoms with van der Waals surface area (Å²) in [4.78, 5) is 19.7. The molecule has 1 amide bonds. The SMILES string of the molecule is COCCCn1c([C@@H]2CCCN(C(=O)C[C@H](N)Cc3cc(F)c(F)cc3F)C2)nc2ccccc21. The summed E-state index contributed by atoms with van der Waals surface area (Å²) in [6.45, 7) is 2.57. The van der Waals surface area contributed by atoms with Crippen molar-refractivity contribution in [3.8, 4) is 0 Å². The van der Waals surface area contributed by atoms with Crippen LogP contribution in [0.5, 0.6) is 0 Å². The van der Waals surface area contributed by atoms with Gasteiger partial charge in [0.05, 0.1) is 11.0 Å². The summed E-state index contributed by atoms with van der Waals surface area (Å²) in [6.07, 6.45) is 2.56. The normalized spacial score (nSPS) is 17.2. The predicted octanol–water partition coefficient (Wildman–Crippen LogP) is 4.16. The van der Waals surface area contributed by atoms with Gasteiger partial charge in [0.2, 0.25) is 5.91 Å². The average molecular weight is 489 g/mol. The quantitative estimate of drug-likeness (QED) is 0.363. The summed E-state index contributed by atoms with van der Waals surface area (Å²) in [5.74, 6) is -2.32. The predicted molar refractivity (Wildman–Crippen MR) is 127 cm³/mol. The van der Waals surface area contributed by atoms with Gasteiger partial charge in [-0.05, 0) is 49.4 Å². The lowest BCUT2D eigenvalue weighted by Crippen LogP contribution is -2.42. The van der Waals surface area contributed by atoms with Crippen molar-refractivity contribution in [1.82, 2.24) is 14.5 Å². The van der Waals surface area contributed by atoms with E-state index in [1.807, 2.05) is 18.2 Å². The van der Waals surface area contributed by atoms with Gasteiger partial charge in [-0.1, -0.05) is 12.1 Å². The molecule has 0 saturated carbocycles. The molecule has 0 unspecified atom stereocenters. The van der Waals surface area contributed by atoms with Gasteiger partial charge in [0, 0.05) is 57.8 Å². The molecule has 0 radical (unpaired) electrons. The van der Waals surface area contributed by atoms with E-state index in [-0.39, 0.29) is 30.2 Å². The van der Waals surface area contributed by atoms with Crippen LogP contribution in [-0.2, 0) is 22.5 Å². The lowest BCUT2D eigenvalue weighted by molar-refractivity contribution is -0.132. The number of aromatic nitrogens is 2. The highest BCUT2D eigenvalue weighted by Gasteiger charge is 2.29. The van der Waals surface area contributed by atoms with E-state index in [4.69, 9.17) is 15.5 Å². The fourth-order valence-corrected chi connectivity index (χ4v) is 4.85. The largest absolute Gasteiger partial charge is 0.385 e. The van der Waals surface area contributed by atoms with Crippen molar-refractivity contribution in [1.29, 1.82) is 0 Å². The van der Waals surface area contributed by atoms with Crippen molar-refractivity contribution < 1.29 is 22.7 Å². The summed E-state index contributed by atoms with van der Waals surface area (Å²) < 4.78 is 48.1. The lowest BCUT2D eigenvalue weighted by atomic mass is 9.96. The highest BCUT2D eigenvalue weighted by molar-refractivity contribution is 5.77. The minimum Gasteiger partial charge on any atom is -0.385 e. The summed E-state index contributed by atoms with van der Waals surface area (Å²) in [7, 11) is 1.68. The molecule has 0 bridgehead atoms. The topological polar surface area (TPSA) is 73.4 Å². The number of rotatable bonds is 9. The number of ether oxygens (including phenoxy) is 1. The molecule has 2 aromatic carbocycles. The van der Waals surface area contributed by atoms with Gasteiger partial charge in [-0.25, -0.2) is 18.2 Å². The Balaban J connectivity index is 1.44. The second-order valence-corrected chi connectivity index (χ2v) is 9.16. The molecule has 2 heterocycles. The van der Waals surface area contributed by atoms with Crippen LogP contribution < -0.4 is 5.73 Å². The molecule has 6 nitrogen and oxygen atoms in total. The zero-order chi connectivity index (χ0) is 24.9. The number of aryl methyl sites for hydroxylation is 1. The molecule has 1 aromatic heterocycles. The number of hydrogen-bond donors (Lipinski definition) is 1. The molecule has 4 rings (SSSR count). The fourth-order valence-electron chi connectivity index (χ4n) is 4.85. The van der Waals surface area contributed by atoms with Gasteiger partial charge in [0.25, 0.3) is 0 Å². The second-order valence-electron chi connectivity index (χ2n) is 9.16. The molecular weight excluding hydrogens is 457 g/mol. The number of hydrogen-bond acceptors (Lipinski definition) is 4. The number of nitrogens with two attached hydrogens (primary N) is 1. The first-order valence-corrected chi connectivity index (χ1v) is 12.0. The molecule has 35 heavy (non-hydrogen) atoms. The summed E-state index contributed by atoms with van der Waals surface area (Å²) in [5, 5.41) is 0. The minimum atomic E-state index is -1.25. The monoisotopic (exact) mass is 488 g/mol. The van der Waals surface area contributed by atoms with Gasteiger partial charge < -0.3 is 19.9 Å². The standard InChI is InChI=1S/C26H31F3N4O2/c1-35-11-5-10-33-24-8-3-2-7-23(24)31-26(33)17-6-4-9-32(16-17)25(34)14-19(30)12-18-13-21(28)22(29)15-20(18)27/h2-3,7-8,13,15,17,19H,4-6,9-12,14,16,30H2,1H3/t17-,19-/m1/s1. The molecule has 1 fully saturated rings. The number of benzene rings is 2.